The molecule has 12 heteroatoms. The van der Waals surface area contributed by atoms with Crippen LogP contribution in [0.25, 0.3) is 0 Å². The fourth-order valence-electron chi connectivity index (χ4n) is 5.24. The summed E-state index contributed by atoms with van der Waals surface area (Å²) < 4.78 is 87.1. The summed E-state index contributed by atoms with van der Waals surface area (Å²) in [7, 11) is 1.60. The van der Waals surface area contributed by atoms with Crippen LogP contribution in [-0.2, 0) is 25.3 Å². The number of methoxy groups -OCH3 is 1. The third-order valence-corrected chi connectivity index (χ3v) is 7.29. The maximum absolute atomic E-state index is 13.3. The number of para-hydroxylation sites is 2. The van der Waals surface area contributed by atoms with Crippen molar-refractivity contribution in [2.24, 2.45) is 0 Å². The number of halogens is 6. The molecule has 2 aliphatic heterocycles. The zero-order valence-electron chi connectivity index (χ0n) is 21.0. The van der Waals surface area contributed by atoms with Crippen LogP contribution in [0.4, 0.5) is 32.0 Å². The maximum atomic E-state index is 13.3. The average molecular weight is 553 g/mol. The number of carbonyl (C=O) groups excluding carboxylic acids is 1. The third kappa shape index (κ3) is 5.55. The minimum Gasteiger partial charge on any atom is -0.495 e. The lowest BCUT2D eigenvalue weighted by Gasteiger charge is -2.36. The monoisotopic (exact) mass is 552 g/mol. The molecule has 3 heterocycles. The van der Waals surface area contributed by atoms with Gasteiger partial charge < -0.3 is 19.1 Å². The Kier molecular flexibility index (Phi) is 6.98. The lowest BCUT2D eigenvalue weighted by molar-refractivity contribution is -0.143. The van der Waals surface area contributed by atoms with Crippen molar-refractivity contribution in [3.8, 4) is 5.75 Å². The zero-order valence-corrected chi connectivity index (χ0v) is 21.0. The number of piperazine rings is 1. The molecule has 1 amide bonds. The Morgan fingerprint density at radius 1 is 0.949 bits per heavy atom. The molecule has 1 aromatic heterocycles. The molecule has 3 aromatic rings. The quantitative estimate of drug-likeness (QED) is 0.395. The summed E-state index contributed by atoms with van der Waals surface area (Å²) in [6, 6.07) is 9.35. The molecule has 0 aliphatic carbocycles. The summed E-state index contributed by atoms with van der Waals surface area (Å²) in [4.78, 5) is 21.5. The molecule has 1 saturated heterocycles. The van der Waals surface area contributed by atoms with E-state index < -0.39 is 29.4 Å². The smallest absolute Gasteiger partial charge is 0.416 e. The van der Waals surface area contributed by atoms with Crippen LogP contribution in [0.15, 0.2) is 48.7 Å². The molecule has 0 radical (unpaired) electrons. The number of carbonyl (C=O) groups is 1. The first-order chi connectivity index (χ1) is 18.4. The summed E-state index contributed by atoms with van der Waals surface area (Å²) in [5.74, 6) is 0.496. The van der Waals surface area contributed by atoms with Crippen LogP contribution in [0.1, 0.15) is 45.3 Å². The summed E-state index contributed by atoms with van der Waals surface area (Å²) >= 11 is 0. The van der Waals surface area contributed by atoms with Crippen molar-refractivity contribution in [2.45, 2.75) is 37.7 Å². The maximum Gasteiger partial charge on any atom is 0.416 e. The van der Waals surface area contributed by atoms with Crippen LogP contribution >= 0.6 is 0 Å². The summed E-state index contributed by atoms with van der Waals surface area (Å²) in [6.07, 6.45) is -7.60. The summed E-state index contributed by atoms with van der Waals surface area (Å²) in [5, 5.41) is 0. The van der Waals surface area contributed by atoms with Gasteiger partial charge >= 0.3 is 12.4 Å². The second-order valence-corrected chi connectivity index (χ2v) is 9.72. The normalized spacial score (nSPS) is 18.2. The molecule has 2 aliphatic rings. The van der Waals surface area contributed by atoms with Crippen LogP contribution in [0.5, 0.6) is 5.75 Å². The van der Waals surface area contributed by atoms with Gasteiger partial charge in [-0.2, -0.15) is 26.3 Å². The first kappa shape index (κ1) is 26.9. The van der Waals surface area contributed by atoms with Crippen molar-refractivity contribution in [3.05, 3.63) is 76.9 Å². The molecule has 0 spiro atoms. The van der Waals surface area contributed by atoms with Crippen molar-refractivity contribution in [2.75, 3.05) is 38.2 Å². The van der Waals surface area contributed by atoms with Crippen molar-refractivity contribution < 1.29 is 35.9 Å². The molecule has 6 nitrogen and oxygen atoms in total. The lowest BCUT2D eigenvalue weighted by atomic mass is 9.89. The van der Waals surface area contributed by atoms with E-state index >= 15 is 0 Å². The van der Waals surface area contributed by atoms with E-state index in [1.807, 2.05) is 24.3 Å². The molecule has 1 fully saturated rings. The van der Waals surface area contributed by atoms with E-state index in [2.05, 4.69) is 9.88 Å². The van der Waals surface area contributed by atoms with Gasteiger partial charge in [0.2, 0.25) is 0 Å². The second-order valence-electron chi connectivity index (χ2n) is 9.72. The van der Waals surface area contributed by atoms with Gasteiger partial charge in [-0.05, 0) is 42.3 Å². The van der Waals surface area contributed by atoms with Crippen LogP contribution in [-0.4, -0.2) is 53.6 Å². The number of anilines is 1. The second kappa shape index (κ2) is 10.1. The molecule has 2 aromatic carbocycles. The van der Waals surface area contributed by atoms with Gasteiger partial charge in [0.15, 0.2) is 0 Å². The van der Waals surface area contributed by atoms with Crippen LogP contribution in [0, 0.1) is 0 Å². The minimum atomic E-state index is -4.90. The Bertz CT molecular complexity index is 1330. The van der Waals surface area contributed by atoms with Crippen molar-refractivity contribution in [1.29, 1.82) is 0 Å². The number of hydrogen-bond donors (Lipinski definition) is 0. The molecular weight excluding hydrogens is 526 g/mol. The number of fused-ring (bicyclic) bond motifs is 1. The van der Waals surface area contributed by atoms with Crippen molar-refractivity contribution in [1.82, 2.24) is 14.5 Å². The number of imidazole rings is 1. The topological polar surface area (TPSA) is 50.6 Å². The van der Waals surface area contributed by atoms with Gasteiger partial charge in [0, 0.05) is 51.3 Å². The number of hydrogen-bond acceptors (Lipinski definition) is 4. The number of aromatic nitrogens is 2. The Morgan fingerprint density at radius 3 is 2.21 bits per heavy atom. The van der Waals surface area contributed by atoms with E-state index in [-0.39, 0.29) is 29.8 Å². The van der Waals surface area contributed by atoms with E-state index in [0.717, 1.165) is 23.6 Å². The standard InChI is InChI=1S/C27H26F6N4O2/c1-39-23-5-3-2-4-22(23)35-8-10-36(11-9-35)25(38)21-16-37-15-17(6-7-24(37)34-21)18-12-19(26(28,29)30)14-20(13-18)27(31,32)33/h2-5,12-14,16-17H,6-11,15H2,1H3/t17-/m0/s1. The van der Waals surface area contributed by atoms with Crippen molar-refractivity contribution >= 4 is 11.6 Å². The molecule has 1 atom stereocenters. The molecular formula is C27H26F6N4O2. The van der Waals surface area contributed by atoms with Crippen LogP contribution in [0.2, 0.25) is 0 Å². The Labute approximate surface area is 220 Å². The fourth-order valence-corrected chi connectivity index (χ4v) is 5.24. The highest BCUT2D eigenvalue weighted by molar-refractivity contribution is 5.92. The molecule has 0 bridgehead atoms. The highest BCUT2D eigenvalue weighted by Crippen LogP contribution is 2.39. The fraction of sp³-hybridized carbons (Fsp3) is 0.407. The van der Waals surface area contributed by atoms with Gasteiger partial charge in [0.05, 0.1) is 23.9 Å². The van der Waals surface area contributed by atoms with E-state index in [4.69, 9.17) is 4.74 Å². The molecule has 0 N–H and O–H groups in total. The minimum absolute atomic E-state index is 0.0307. The zero-order chi connectivity index (χ0) is 27.9. The van der Waals surface area contributed by atoms with Gasteiger partial charge in [-0.1, -0.05) is 12.1 Å². The van der Waals surface area contributed by atoms with Gasteiger partial charge in [0.25, 0.3) is 5.91 Å². The molecule has 0 saturated carbocycles. The summed E-state index contributed by atoms with van der Waals surface area (Å²) in [5.41, 5.74) is -1.52. The number of amides is 1. The van der Waals surface area contributed by atoms with E-state index in [1.165, 1.54) is 0 Å². The average Bonchev–Trinajstić information content (AvgIpc) is 3.35. The largest absolute Gasteiger partial charge is 0.495 e. The number of ether oxygens (including phenoxy) is 1. The molecule has 208 valence electrons. The van der Waals surface area contributed by atoms with Gasteiger partial charge in [-0.15, -0.1) is 0 Å². The first-order valence-corrected chi connectivity index (χ1v) is 12.5. The van der Waals surface area contributed by atoms with Crippen LogP contribution in [0.3, 0.4) is 0 Å². The number of nitrogens with zero attached hydrogens (tertiary/aromatic N) is 4. The Hall–Kier alpha value is -3.70. The van der Waals surface area contributed by atoms with Crippen molar-refractivity contribution in [3.63, 3.8) is 0 Å². The van der Waals surface area contributed by atoms with Gasteiger partial charge in [-0.25, -0.2) is 4.98 Å². The SMILES string of the molecule is COc1ccccc1N1CCN(C(=O)c2cn3c(n2)CC[C@H](c2cc(C(F)(F)F)cc(C(F)(F)F)c2)C3)CC1. The van der Waals surface area contributed by atoms with Gasteiger partial charge in [-0.3, -0.25) is 4.79 Å². The predicted molar refractivity (Wildman–Crippen MR) is 131 cm³/mol. The van der Waals surface area contributed by atoms with Gasteiger partial charge in [0.1, 0.15) is 17.3 Å². The predicted octanol–water partition coefficient (Wildman–Crippen LogP) is 5.62. The Morgan fingerprint density at radius 2 is 1.59 bits per heavy atom. The number of benzene rings is 2. The molecule has 0 unspecified atom stereocenters. The number of rotatable bonds is 4. The van der Waals surface area contributed by atoms with E-state index in [1.54, 1.807) is 22.8 Å². The molecule has 5 rings (SSSR count). The van der Waals surface area contributed by atoms with E-state index in [9.17, 15) is 31.1 Å². The van der Waals surface area contributed by atoms with E-state index in [0.29, 0.717) is 44.8 Å². The Balaban J connectivity index is 1.30. The number of aryl methyl sites for hydroxylation is 1. The lowest BCUT2D eigenvalue weighted by Crippen LogP contribution is -2.49. The number of alkyl halides is 6. The molecule has 39 heavy (non-hydrogen) atoms. The highest BCUT2D eigenvalue weighted by Gasteiger charge is 2.38. The van der Waals surface area contributed by atoms with Crippen LogP contribution < -0.4 is 9.64 Å². The first-order valence-electron chi connectivity index (χ1n) is 12.5. The highest BCUT2D eigenvalue weighted by atomic mass is 19.4. The third-order valence-electron chi connectivity index (χ3n) is 7.29. The summed E-state index contributed by atoms with van der Waals surface area (Å²) in [6.45, 7) is 2.26.